The van der Waals surface area contributed by atoms with Crippen molar-refractivity contribution in [3.05, 3.63) is 33.1 Å². The van der Waals surface area contributed by atoms with E-state index in [1.165, 1.54) is 11.8 Å². The van der Waals surface area contributed by atoms with Crippen LogP contribution < -0.4 is 10.1 Å². The molecule has 1 fully saturated rings. The number of rotatable bonds is 2. The van der Waals surface area contributed by atoms with Gasteiger partial charge in [0.15, 0.2) is 0 Å². The molecule has 1 aromatic rings. The van der Waals surface area contributed by atoms with Crippen LogP contribution in [0.3, 0.4) is 0 Å². The first-order valence-electron chi connectivity index (χ1n) is 4.67. The van der Waals surface area contributed by atoms with Crippen LogP contribution in [-0.2, 0) is 4.79 Å². The lowest BCUT2D eigenvalue weighted by Crippen LogP contribution is -2.13. The third-order valence-corrected chi connectivity index (χ3v) is 3.80. The van der Waals surface area contributed by atoms with E-state index in [4.69, 9.17) is 4.74 Å². The van der Waals surface area contributed by atoms with E-state index in [1.54, 1.807) is 7.11 Å². The second-order valence-corrected chi connectivity index (χ2v) is 5.06. The fourth-order valence-corrected chi connectivity index (χ4v) is 2.47. The molecule has 1 N–H and O–H groups in total. The quantitative estimate of drug-likeness (QED) is 0.853. The molecule has 0 radical (unpaired) electrons. The second kappa shape index (κ2) is 4.93. The summed E-state index contributed by atoms with van der Waals surface area (Å²) in [4.78, 5) is 12.1. The molecule has 0 spiro atoms. The lowest BCUT2D eigenvalue weighted by molar-refractivity contribution is -0.116. The normalized spacial score (nSPS) is 17.6. The van der Waals surface area contributed by atoms with E-state index in [9.17, 15) is 4.79 Å². The predicted molar refractivity (Wildman–Crippen MR) is 69.3 cm³/mol. The van der Waals surface area contributed by atoms with E-state index in [0.29, 0.717) is 5.88 Å². The highest BCUT2D eigenvalue weighted by atomic mass is 79.9. The van der Waals surface area contributed by atoms with Crippen molar-refractivity contribution in [1.29, 1.82) is 0 Å². The van der Waals surface area contributed by atoms with Gasteiger partial charge >= 0.3 is 0 Å². The number of hydrogen-bond donors (Lipinski definition) is 1. The van der Waals surface area contributed by atoms with Crippen LogP contribution in [-0.4, -0.2) is 18.9 Å². The molecule has 0 unspecified atom stereocenters. The Morgan fingerprint density at radius 3 is 3.00 bits per heavy atom. The Bertz CT molecular complexity index is 459. The number of thioether (sulfide) groups is 1. The van der Waals surface area contributed by atoms with Crippen LogP contribution in [0, 0.1) is 0 Å². The highest BCUT2D eigenvalue weighted by Gasteiger charge is 2.17. The summed E-state index contributed by atoms with van der Waals surface area (Å²) in [5.41, 5.74) is 0.943. The standard InChI is InChI=1S/C11H10BrNO2S/c1-15-8-2-3-9(12)7(4-8)5-10-11(14)13-6-16-10/h2-5H,6H2,1H3,(H,13,14)/b10-5-. The Morgan fingerprint density at radius 1 is 1.56 bits per heavy atom. The molecule has 16 heavy (non-hydrogen) atoms. The van der Waals surface area contributed by atoms with Crippen LogP contribution in [0.25, 0.3) is 6.08 Å². The molecule has 0 atom stereocenters. The van der Waals surface area contributed by atoms with E-state index >= 15 is 0 Å². The number of hydrogen-bond acceptors (Lipinski definition) is 3. The second-order valence-electron chi connectivity index (χ2n) is 3.19. The van der Waals surface area contributed by atoms with Crippen molar-refractivity contribution in [3.63, 3.8) is 0 Å². The van der Waals surface area contributed by atoms with Gasteiger partial charge in [0.2, 0.25) is 0 Å². The molecular formula is C11H10BrNO2S. The molecule has 1 amide bonds. The predicted octanol–water partition coefficient (Wildman–Crippen LogP) is 2.62. The first kappa shape index (κ1) is 11.5. The third-order valence-electron chi connectivity index (χ3n) is 2.17. The van der Waals surface area contributed by atoms with Crippen molar-refractivity contribution in [3.8, 4) is 5.75 Å². The van der Waals surface area contributed by atoms with Crippen LogP contribution in [0.15, 0.2) is 27.6 Å². The first-order chi connectivity index (χ1) is 7.70. The van der Waals surface area contributed by atoms with Crippen LogP contribution in [0.2, 0.25) is 0 Å². The summed E-state index contributed by atoms with van der Waals surface area (Å²) in [5, 5.41) is 2.75. The summed E-state index contributed by atoms with van der Waals surface area (Å²) in [7, 11) is 1.62. The van der Waals surface area contributed by atoms with Crippen molar-refractivity contribution in [2.45, 2.75) is 0 Å². The fourth-order valence-electron chi connectivity index (χ4n) is 1.34. The number of halogens is 1. The minimum atomic E-state index is -0.0141. The smallest absolute Gasteiger partial charge is 0.258 e. The summed E-state index contributed by atoms with van der Waals surface area (Å²) in [6.45, 7) is 0. The molecule has 0 bridgehead atoms. The summed E-state index contributed by atoms with van der Waals surface area (Å²) in [6.07, 6.45) is 1.86. The molecule has 2 rings (SSSR count). The van der Waals surface area contributed by atoms with Crippen molar-refractivity contribution in [2.75, 3.05) is 13.0 Å². The largest absolute Gasteiger partial charge is 0.497 e. The Labute approximate surface area is 106 Å². The molecule has 1 heterocycles. The number of carbonyl (C=O) groups excluding carboxylic acids is 1. The molecule has 84 valence electrons. The number of carbonyl (C=O) groups is 1. The summed E-state index contributed by atoms with van der Waals surface area (Å²) in [6, 6.07) is 5.67. The molecule has 1 aliphatic heterocycles. The molecule has 0 saturated carbocycles. The van der Waals surface area contributed by atoms with Crippen LogP contribution in [0.1, 0.15) is 5.56 Å². The van der Waals surface area contributed by atoms with E-state index < -0.39 is 0 Å². The van der Waals surface area contributed by atoms with Crippen molar-refractivity contribution in [1.82, 2.24) is 5.32 Å². The van der Waals surface area contributed by atoms with Gasteiger partial charge in [-0.3, -0.25) is 4.79 Å². The molecule has 1 aliphatic rings. The van der Waals surface area contributed by atoms with Crippen LogP contribution in [0.5, 0.6) is 5.75 Å². The third kappa shape index (κ3) is 2.41. The molecular weight excluding hydrogens is 290 g/mol. The average molecular weight is 300 g/mol. The van der Waals surface area contributed by atoms with Crippen molar-refractivity contribution < 1.29 is 9.53 Å². The van der Waals surface area contributed by atoms with Gasteiger partial charge in [-0.25, -0.2) is 0 Å². The summed E-state index contributed by atoms with van der Waals surface area (Å²) < 4.78 is 6.09. The summed E-state index contributed by atoms with van der Waals surface area (Å²) in [5.74, 6) is 1.41. The zero-order chi connectivity index (χ0) is 11.5. The SMILES string of the molecule is COc1ccc(Br)c(/C=C2\SCNC2=O)c1. The topological polar surface area (TPSA) is 38.3 Å². The Hall–Kier alpha value is -0.940. The highest BCUT2D eigenvalue weighted by Crippen LogP contribution is 2.29. The van der Waals surface area contributed by atoms with Crippen LogP contribution in [0.4, 0.5) is 0 Å². The fraction of sp³-hybridized carbons (Fsp3) is 0.182. The zero-order valence-electron chi connectivity index (χ0n) is 8.62. The first-order valence-corrected chi connectivity index (χ1v) is 6.45. The maximum Gasteiger partial charge on any atom is 0.258 e. The van der Waals surface area contributed by atoms with Gasteiger partial charge in [-0.05, 0) is 29.8 Å². The number of amides is 1. The monoisotopic (exact) mass is 299 g/mol. The minimum absolute atomic E-state index is 0.0141. The van der Waals surface area contributed by atoms with Gasteiger partial charge in [-0.15, -0.1) is 0 Å². The zero-order valence-corrected chi connectivity index (χ0v) is 11.0. The lowest BCUT2D eigenvalue weighted by Gasteiger charge is -2.03. The van der Waals surface area contributed by atoms with Crippen molar-refractivity contribution >= 4 is 39.7 Å². The van der Waals surface area contributed by atoms with E-state index in [2.05, 4.69) is 21.2 Å². The maximum absolute atomic E-state index is 11.4. The molecule has 1 aromatic carbocycles. The molecule has 0 aromatic heterocycles. The van der Waals surface area contributed by atoms with Gasteiger partial charge in [0.1, 0.15) is 5.75 Å². The number of nitrogens with one attached hydrogen (secondary N) is 1. The Balaban J connectivity index is 2.36. The lowest BCUT2D eigenvalue weighted by atomic mass is 10.2. The van der Waals surface area contributed by atoms with Gasteiger partial charge in [0.05, 0.1) is 17.9 Å². The van der Waals surface area contributed by atoms with Crippen LogP contribution >= 0.6 is 27.7 Å². The number of benzene rings is 1. The average Bonchev–Trinajstić information content (AvgIpc) is 2.68. The van der Waals surface area contributed by atoms with E-state index in [1.807, 2.05) is 24.3 Å². The number of ether oxygens (including phenoxy) is 1. The van der Waals surface area contributed by atoms with Crippen molar-refractivity contribution in [2.24, 2.45) is 0 Å². The Kier molecular flexibility index (Phi) is 3.56. The van der Waals surface area contributed by atoms with Gasteiger partial charge in [0, 0.05) is 4.47 Å². The van der Waals surface area contributed by atoms with E-state index in [-0.39, 0.29) is 5.91 Å². The molecule has 0 aliphatic carbocycles. The van der Waals surface area contributed by atoms with Gasteiger partial charge < -0.3 is 10.1 Å². The van der Waals surface area contributed by atoms with Gasteiger partial charge in [-0.2, -0.15) is 0 Å². The Morgan fingerprint density at radius 2 is 2.38 bits per heavy atom. The van der Waals surface area contributed by atoms with Gasteiger partial charge in [-0.1, -0.05) is 27.7 Å². The summed E-state index contributed by atoms with van der Waals surface area (Å²) >= 11 is 4.95. The maximum atomic E-state index is 11.4. The molecule has 5 heteroatoms. The molecule has 1 saturated heterocycles. The number of methoxy groups -OCH3 is 1. The molecule has 3 nitrogen and oxygen atoms in total. The highest BCUT2D eigenvalue weighted by molar-refractivity contribution is 9.10. The van der Waals surface area contributed by atoms with E-state index in [0.717, 1.165) is 20.7 Å². The van der Waals surface area contributed by atoms with Gasteiger partial charge in [0.25, 0.3) is 5.91 Å². The minimum Gasteiger partial charge on any atom is -0.497 e.